The van der Waals surface area contributed by atoms with Crippen molar-refractivity contribution < 1.29 is 17.9 Å². The van der Waals surface area contributed by atoms with E-state index in [-0.39, 0.29) is 30.5 Å². The quantitative estimate of drug-likeness (QED) is 0.420. The summed E-state index contributed by atoms with van der Waals surface area (Å²) in [5, 5.41) is 2.74. The molecule has 0 aromatic rings. The van der Waals surface area contributed by atoms with Crippen molar-refractivity contribution in [1.82, 2.24) is 10.2 Å². The maximum absolute atomic E-state index is 12.1. The number of guanidine groups is 1. The number of alkyl halides is 3. The fourth-order valence-electron chi connectivity index (χ4n) is 2.22. The summed E-state index contributed by atoms with van der Waals surface area (Å²) >= 11 is 0. The zero-order valence-electron chi connectivity index (χ0n) is 12.6. The minimum atomic E-state index is -4.13. The molecule has 1 N–H and O–H groups in total. The van der Waals surface area contributed by atoms with Gasteiger partial charge in [-0.25, -0.2) is 0 Å². The summed E-state index contributed by atoms with van der Waals surface area (Å²) in [6.45, 7) is 2.27. The van der Waals surface area contributed by atoms with Gasteiger partial charge in [0.2, 0.25) is 0 Å². The molecule has 21 heavy (non-hydrogen) atoms. The van der Waals surface area contributed by atoms with Gasteiger partial charge in [-0.05, 0) is 25.2 Å². The molecule has 1 rings (SSSR count). The van der Waals surface area contributed by atoms with Gasteiger partial charge in [-0.1, -0.05) is 0 Å². The van der Waals surface area contributed by atoms with E-state index in [1.807, 2.05) is 11.9 Å². The van der Waals surface area contributed by atoms with Crippen LogP contribution < -0.4 is 5.32 Å². The third-order valence-corrected chi connectivity index (χ3v) is 3.48. The molecular formula is C13H25F3IN3O. The monoisotopic (exact) mass is 423 g/mol. The molecule has 4 nitrogen and oxygen atoms in total. The van der Waals surface area contributed by atoms with Crippen LogP contribution in [0.5, 0.6) is 0 Å². The van der Waals surface area contributed by atoms with Crippen LogP contribution in [0.4, 0.5) is 13.2 Å². The topological polar surface area (TPSA) is 36.9 Å². The van der Waals surface area contributed by atoms with Gasteiger partial charge in [-0.3, -0.25) is 4.99 Å². The largest absolute Gasteiger partial charge is 0.390 e. The summed E-state index contributed by atoms with van der Waals surface area (Å²) in [6.07, 6.45) is -1.84. The van der Waals surface area contributed by atoms with E-state index < -0.39 is 12.6 Å². The number of ether oxygens (including phenoxy) is 1. The van der Waals surface area contributed by atoms with Gasteiger partial charge in [-0.15, -0.1) is 24.0 Å². The highest BCUT2D eigenvalue weighted by Gasteiger charge is 2.26. The molecule has 0 atom stereocenters. The second-order valence-electron chi connectivity index (χ2n) is 5.11. The smallest absolute Gasteiger partial charge is 0.381 e. The molecule has 1 heterocycles. The molecule has 0 aromatic carbocycles. The third kappa shape index (κ3) is 9.38. The maximum atomic E-state index is 12.1. The minimum absolute atomic E-state index is 0. The van der Waals surface area contributed by atoms with Crippen LogP contribution in [-0.4, -0.2) is 57.4 Å². The van der Waals surface area contributed by atoms with Crippen molar-refractivity contribution in [3.05, 3.63) is 0 Å². The van der Waals surface area contributed by atoms with E-state index in [0.717, 1.165) is 39.0 Å². The summed E-state index contributed by atoms with van der Waals surface area (Å²) in [5.74, 6) is 1.15. The fourth-order valence-corrected chi connectivity index (χ4v) is 2.22. The molecule has 0 unspecified atom stereocenters. The molecule has 0 amide bonds. The SMILES string of the molecule is CN=C(NCCC(F)(F)F)N(C)CCC1CCOCC1.I. The van der Waals surface area contributed by atoms with Crippen molar-refractivity contribution in [3.63, 3.8) is 0 Å². The average Bonchev–Trinajstić information content (AvgIpc) is 2.41. The van der Waals surface area contributed by atoms with E-state index >= 15 is 0 Å². The van der Waals surface area contributed by atoms with Crippen LogP contribution >= 0.6 is 24.0 Å². The Morgan fingerprint density at radius 3 is 2.48 bits per heavy atom. The molecule has 0 bridgehead atoms. The summed E-state index contributed by atoms with van der Waals surface area (Å²) in [7, 11) is 3.43. The van der Waals surface area contributed by atoms with Gasteiger partial charge in [0.05, 0.1) is 6.42 Å². The van der Waals surface area contributed by atoms with E-state index in [4.69, 9.17) is 4.74 Å². The van der Waals surface area contributed by atoms with Crippen LogP contribution in [0.15, 0.2) is 4.99 Å². The van der Waals surface area contributed by atoms with Crippen LogP contribution in [0.3, 0.4) is 0 Å². The first-order valence-electron chi connectivity index (χ1n) is 6.98. The lowest BCUT2D eigenvalue weighted by Crippen LogP contribution is -2.41. The Morgan fingerprint density at radius 2 is 1.95 bits per heavy atom. The van der Waals surface area contributed by atoms with Crippen molar-refractivity contribution in [3.8, 4) is 0 Å². The van der Waals surface area contributed by atoms with Crippen LogP contribution in [0.2, 0.25) is 0 Å². The van der Waals surface area contributed by atoms with Gasteiger partial charge < -0.3 is 15.0 Å². The third-order valence-electron chi connectivity index (χ3n) is 3.48. The summed E-state index contributed by atoms with van der Waals surface area (Å²) in [6, 6.07) is 0. The zero-order chi connectivity index (χ0) is 15.0. The van der Waals surface area contributed by atoms with Gasteiger partial charge in [0.15, 0.2) is 5.96 Å². The number of halogens is 4. The minimum Gasteiger partial charge on any atom is -0.381 e. The molecule has 0 spiro atoms. The lowest BCUT2D eigenvalue weighted by molar-refractivity contribution is -0.132. The predicted octanol–water partition coefficient (Wildman–Crippen LogP) is 2.88. The van der Waals surface area contributed by atoms with Gasteiger partial charge >= 0.3 is 6.18 Å². The maximum Gasteiger partial charge on any atom is 0.390 e. The Hall–Kier alpha value is -0.250. The first-order chi connectivity index (χ1) is 9.42. The standard InChI is InChI=1S/C13H24F3N3O.HI/c1-17-12(18-7-6-13(14,15)16)19(2)8-3-11-4-9-20-10-5-11;/h11H,3-10H2,1-2H3,(H,17,18);1H. The van der Waals surface area contributed by atoms with Crippen LogP contribution in [0.25, 0.3) is 0 Å². The Kier molecular flexibility index (Phi) is 10.3. The highest BCUT2D eigenvalue weighted by molar-refractivity contribution is 14.0. The number of nitrogens with one attached hydrogen (secondary N) is 1. The van der Waals surface area contributed by atoms with E-state index in [9.17, 15) is 13.2 Å². The van der Waals surface area contributed by atoms with E-state index in [1.165, 1.54) is 0 Å². The number of rotatable bonds is 5. The summed E-state index contributed by atoms with van der Waals surface area (Å²) in [5.41, 5.74) is 0. The number of aliphatic imine (C=N–C) groups is 1. The van der Waals surface area contributed by atoms with Crippen molar-refractivity contribution in [2.75, 3.05) is 40.4 Å². The molecule has 126 valence electrons. The molecule has 8 heteroatoms. The first kappa shape index (κ1) is 20.8. The summed E-state index contributed by atoms with van der Waals surface area (Å²) < 4.78 is 41.6. The molecule has 1 aliphatic rings. The van der Waals surface area contributed by atoms with E-state index in [1.54, 1.807) is 7.05 Å². The van der Waals surface area contributed by atoms with Crippen LogP contribution in [0, 0.1) is 5.92 Å². The molecule has 1 fully saturated rings. The second kappa shape index (κ2) is 10.5. The molecule has 0 aliphatic carbocycles. The predicted molar refractivity (Wildman–Crippen MR) is 88.2 cm³/mol. The Bertz CT molecular complexity index is 308. The number of hydrogen-bond donors (Lipinski definition) is 1. The normalized spacial score (nSPS) is 17.3. The molecule has 0 saturated carbocycles. The van der Waals surface area contributed by atoms with Crippen LogP contribution in [0.1, 0.15) is 25.7 Å². The van der Waals surface area contributed by atoms with E-state index in [0.29, 0.717) is 11.9 Å². The second-order valence-corrected chi connectivity index (χ2v) is 5.11. The van der Waals surface area contributed by atoms with Gasteiger partial charge in [0.1, 0.15) is 0 Å². The lowest BCUT2D eigenvalue weighted by Gasteiger charge is -2.26. The van der Waals surface area contributed by atoms with Crippen molar-refractivity contribution >= 4 is 29.9 Å². The van der Waals surface area contributed by atoms with E-state index in [2.05, 4.69) is 10.3 Å². The molecular weight excluding hydrogens is 398 g/mol. The Balaban J connectivity index is 0.00000400. The van der Waals surface area contributed by atoms with Gasteiger partial charge in [0.25, 0.3) is 0 Å². The average molecular weight is 423 g/mol. The fraction of sp³-hybridized carbons (Fsp3) is 0.923. The van der Waals surface area contributed by atoms with Crippen molar-refractivity contribution in [2.24, 2.45) is 10.9 Å². The number of hydrogen-bond acceptors (Lipinski definition) is 2. The first-order valence-corrected chi connectivity index (χ1v) is 6.98. The summed E-state index contributed by atoms with van der Waals surface area (Å²) in [4.78, 5) is 5.89. The molecule has 0 radical (unpaired) electrons. The zero-order valence-corrected chi connectivity index (χ0v) is 14.9. The Morgan fingerprint density at radius 1 is 1.33 bits per heavy atom. The lowest BCUT2D eigenvalue weighted by atomic mass is 9.96. The molecule has 1 saturated heterocycles. The molecule has 0 aromatic heterocycles. The highest BCUT2D eigenvalue weighted by atomic mass is 127. The number of nitrogens with zero attached hydrogens (tertiary/aromatic N) is 2. The van der Waals surface area contributed by atoms with Gasteiger partial charge in [0, 0.05) is 40.4 Å². The van der Waals surface area contributed by atoms with Crippen LogP contribution in [-0.2, 0) is 4.74 Å². The van der Waals surface area contributed by atoms with Crippen molar-refractivity contribution in [2.45, 2.75) is 31.9 Å². The van der Waals surface area contributed by atoms with Gasteiger partial charge in [-0.2, -0.15) is 13.2 Å². The Labute approximate surface area is 141 Å². The molecule has 1 aliphatic heterocycles. The highest BCUT2D eigenvalue weighted by Crippen LogP contribution is 2.19. The van der Waals surface area contributed by atoms with Crippen molar-refractivity contribution in [1.29, 1.82) is 0 Å².